The minimum Gasteiger partial charge on any atom is -0.370 e. The Hall–Kier alpha value is -1.44. The first-order valence-corrected chi connectivity index (χ1v) is 8.05. The van der Waals surface area contributed by atoms with E-state index in [4.69, 9.17) is 4.74 Å². The van der Waals surface area contributed by atoms with Crippen LogP contribution in [0, 0.1) is 17.8 Å². The quantitative estimate of drug-likeness (QED) is 0.615. The zero-order valence-electron chi connectivity index (χ0n) is 12.3. The molecule has 0 N–H and O–H groups in total. The van der Waals surface area contributed by atoms with Gasteiger partial charge < -0.3 is 4.74 Å². The lowest BCUT2D eigenvalue weighted by Crippen LogP contribution is -2.51. The van der Waals surface area contributed by atoms with Crippen LogP contribution >= 0.6 is 0 Å². The Balaban J connectivity index is 1.43. The molecule has 1 aromatic rings. The molecule has 4 aliphatic rings. The molecule has 5 rings (SSSR count). The molecule has 3 heteroatoms. The molecule has 0 spiro atoms. The van der Waals surface area contributed by atoms with Gasteiger partial charge in [0, 0.05) is 0 Å². The second kappa shape index (κ2) is 5.08. The van der Waals surface area contributed by atoms with Crippen molar-refractivity contribution in [2.45, 2.75) is 50.7 Å². The fourth-order valence-electron chi connectivity index (χ4n) is 5.16. The molecule has 0 radical (unpaired) electrons. The molecule has 21 heavy (non-hydrogen) atoms. The van der Waals surface area contributed by atoms with Crippen molar-refractivity contribution in [1.29, 1.82) is 0 Å². The third-order valence-electron chi connectivity index (χ3n) is 5.64. The molecule has 3 nitrogen and oxygen atoms in total. The average Bonchev–Trinajstić information content (AvgIpc) is 2.46. The Morgan fingerprint density at radius 2 is 1.62 bits per heavy atom. The summed E-state index contributed by atoms with van der Waals surface area (Å²) in [7, 11) is 0. The molecule has 0 amide bonds. The van der Waals surface area contributed by atoms with E-state index in [0.29, 0.717) is 12.3 Å². The normalized spacial score (nSPS) is 36.5. The largest absolute Gasteiger partial charge is 0.370 e. The van der Waals surface area contributed by atoms with Crippen LogP contribution in [0.1, 0.15) is 44.1 Å². The summed E-state index contributed by atoms with van der Waals surface area (Å²) in [4.78, 5) is 13.8. The zero-order valence-corrected chi connectivity index (χ0v) is 12.3. The van der Waals surface area contributed by atoms with E-state index >= 15 is 0 Å². The number of aliphatic imine (C=N–C) groups is 1. The number of ether oxygens (including phenoxy) is 1. The van der Waals surface area contributed by atoms with Gasteiger partial charge in [-0.1, -0.05) is 12.1 Å². The van der Waals surface area contributed by atoms with E-state index in [9.17, 15) is 4.79 Å². The minimum absolute atomic E-state index is 0.161. The lowest BCUT2D eigenvalue weighted by molar-refractivity contribution is -0.168. The molecule has 110 valence electrons. The topological polar surface area (TPSA) is 38.7 Å². The summed E-state index contributed by atoms with van der Waals surface area (Å²) in [5.41, 5.74) is 1.98. The van der Waals surface area contributed by atoms with Gasteiger partial charge in [0.2, 0.25) is 6.08 Å². The molecule has 0 unspecified atom stereocenters. The number of isocyanates is 1. The van der Waals surface area contributed by atoms with Gasteiger partial charge in [-0.05, 0) is 74.0 Å². The molecule has 4 aliphatic carbocycles. The van der Waals surface area contributed by atoms with Crippen LogP contribution < -0.4 is 0 Å². The van der Waals surface area contributed by atoms with Crippen LogP contribution in [0.3, 0.4) is 0 Å². The van der Waals surface area contributed by atoms with Crippen molar-refractivity contribution in [2.75, 3.05) is 0 Å². The highest BCUT2D eigenvalue weighted by Gasteiger charge is 2.51. The lowest BCUT2D eigenvalue weighted by atomic mass is 9.54. The van der Waals surface area contributed by atoms with Crippen molar-refractivity contribution in [1.82, 2.24) is 0 Å². The molecule has 0 aliphatic heterocycles. The summed E-state index contributed by atoms with van der Waals surface area (Å²) in [6, 6.07) is 7.69. The molecular weight excluding hydrogens is 262 g/mol. The van der Waals surface area contributed by atoms with E-state index in [0.717, 1.165) is 23.3 Å². The van der Waals surface area contributed by atoms with E-state index in [2.05, 4.69) is 4.99 Å². The number of benzene rings is 1. The highest BCUT2D eigenvalue weighted by Crippen LogP contribution is 2.57. The van der Waals surface area contributed by atoms with Crippen molar-refractivity contribution < 1.29 is 9.53 Å². The molecule has 4 fully saturated rings. The number of hydrogen-bond acceptors (Lipinski definition) is 3. The highest BCUT2D eigenvalue weighted by atomic mass is 16.5. The fourth-order valence-corrected chi connectivity index (χ4v) is 5.16. The summed E-state index contributed by atoms with van der Waals surface area (Å²) in [5, 5.41) is 0. The molecule has 4 saturated carbocycles. The maximum Gasteiger partial charge on any atom is 0.240 e. The summed E-state index contributed by atoms with van der Waals surface area (Å²) in [6.07, 6.45) is 9.72. The zero-order chi connectivity index (χ0) is 14.3. The predicted octanol–water partition coefficient (Wildman–Crippen LogP) is 4.14. The van der Waals surface area contributed by atoms with E-state index in [-0.39, 0.29) is 5.60 Å². The number of carbonyl (C=O) groups excluding carboxylic acids is 1. The van der Waals surface area contributed by atoms with Crippen LogP contribution in [-0.4, -0.2) is 11.7 Å². The standard InChI is InChI=1S/C18H21NO2/c20-12-19-17-3-1-13(2-4-17)11-21-18-8-14-5-15(9-18)7-16(6-14)10-18/h1-4,14-16H,5-11H2. The molecule has 1 aromatic carbocycles. The maximum absolute atomic E-state index is 10.2. The number of nitrogens with zero attached hydrogens (tertiary/aromatic N) is 1. The Kier molecular flexibility index (Phi) is 3.20. The van der Waals surface area contributed by atoms with E-state index in [1.165, 1.54) is 38.5 Å². The van der Waals surface area contributed by atoms with Gasteiger partial charge in [-0.3, -0.25) is 0 Å². The Morgan fingerprint density at radius 1 is 1.05 bits per heavy atom. The lowest BCUT2D eigenvalue weighted by Gasteiger charge is -2.56. The second-order valence-electron chi connectivity index (χ2n) is 7.26. The molecule has 4 bridgehead atoms. The smallest absolute Gasteiger partial charge is 0.240 e. The highest BCUT2D eigenvalue weighted by molar-refractivity contribution is 5.49. The molecular formula is C18H21NO2. The first-order valence-electron chi connectivity index (χ1n) is 8.05. The molecule has 0 atom stereocenters. The first kappa shape index (κ1) is 13.2. The van der Waals surface area contributed by atoms with Gasteiger partial charge in [0.1, 0.15) is 0 Å². The molecule has 0 saturated heterocycles. The predicted molar refractivity (Wildman–Crippen MR) is 79.9 cm³/mol. The number of hydrogen-bond donors (Lipinski definition) is 0. The third-order valence-corrected chi connectivity index (χ3v) is 5.64. The van der Waals surface area contributed by atoms with Gasteiger partial charge in [0.15, 0.2) is 0 Å². The van der Waals surface area contributed by atoms with E-state index in [1.54, 1.807) is 6.08 Å². The number of rotatable bonds is 4. The summed E-state index contributed by atoms with van der Waals surface area (Å²) < 4.78 is 6.42. The fraction of sp³-hybridized carbons (Fsp3) is 0.611. The van der Waals surface area contributed by atoms with Gasteiger partial charge in [-0.2, -0.15) is 4.99 Å². The van der Waals surface area contributed by atoms with Crippen LogP contribution in [0.25, 0.3) is 0 Å². The van der Waals surface area contributed by atoms with Gasteiger partial charge in [0.25, 0.3) is 0 Å². The van der Waals surface area contributed by atoms with Crippen LogP contribution in [0.2, 0.25) is 0 Å². The van der Waals surface area contributed by atoms with Gasteiger partial charge in [-0.15, -0.1) is 0 Å². The van der Waals surface area contributed by atoms with Gasteiger partial charge >= 0.3 is 0 Å². The van der Waals surface area contributed by atoms with Crippen molar-refractivity contribution in [2.24, 2.45) is 22.7 Å². The average molecular weight is 283 g/mol. The van der Waals surface area contributed by atoms with Gasteiger partial charge in [-0.25, -0.2) is 4.79 Å². The van der Waals surface area contributed by atoms with E-state index < -0.39 is 0 Å². The SMILES string of the molecule is O=C=Nc1ccc(COC23CC4CC(CC(C4)C2)C3)cc1. The summed E-state index contributed by atoms with van der Waals surface area (Å²) in [5.74, 6) is 2.75. The second-order valence-corrected chi connectivity index (χ2v) is 7.26. The van der Waals surface area contributed by atoms with Crippen molar-refractivity contribution in [3.05, 3.63) is 29.8 Å². The molecule has 0 heterocycles. The molecule has 0 aromatic heterocycles. The van der Waals surface area contributed by atoms with E-state index in [1.807, 2.05) is 24.3 Å². The van der Waals surface area contributed by atoms with Crippen molar-refractivity contribution in [3.8, 4) is 0 Å². The van der Waals surface area contributed by atoms with Gasteiger partial charge in [0.05, 0.1) is 17.9 Å². The summed E-state index contributed by atoms with van der Waals surface area (Å²) >= 11 is 0. The van der Waals surface area contributed by atoms with Crippen LogP contribution in [-0.2, 0) is 16.1 Å². The van der Waals surface area contributed by atoms with Crippen molar-refractivity contribution >= 4 is 11.8 Å². The monoisotopic (exact) mass is 283 g/mol. The van der Waals surface area contributed by atoms with Crippen molar-refractivity contribution in [3.63, 3.8) is 0 Å². The Morgan fingerprint density at radius 3 is 2.14 bits per heavy atom. The Labute approximate surface area is 125 Å². The van der Waals surface area contributed by atoms with Crippen LogP contribution in [0.5, 0.6) is 0 Å². The Bertz CT molecular complexity index is 536. The maximum atomic E-state index is 10.2. The first-order chi connectivity index (χ1) is 10.2. The third kappa shape index (κ3) is 2.56. The van der Waals surface area contributed by atoms with Crippen LogP contribution in [0.15, 0.2) is 29.3 Å². The summed E-state index contributed by atoms with van der Waals surface area (Å²) in [6.45, 7) is 0.678. The van der Waals surface area contributed by atoms with Crippen LogP contribution in [0.4, 0.5) is 5.69 Å². The minimum atomic E-state index is 0.161.